The van der Waals surface area contributed by atoms with E-state index in [1.54, 1.807) is 33.1 Å². The molecule has 1 aromatic carbocycles. The van der Waals surface area contributed by atoms with Gasteiger partial charge in [0.15, 0.2) is 17.1 Å². The van der Waals surface area contributed by atoms with Gasteiger partial charge >= 0.3 is 6.09 Å². The fraction of sp³-hybridized carbons (Fsp3) is 0.440. The summed E-state index contributed by atoms with van der Waals surface area (Å²) in [5, 5.41) is 47.2. The third-order valence-electron chi connectivity index (χ3n) is 7.60. The van der Waals surface area contributed by atoms with Gasteiger partial charge in [0.2, 0.25) is 5.78 Å². The number of phenols is 1. The topological polar surface area (TPSA) is 203 Å². The molecular formula is C25H30N4O9. The number of hydrogen-bond acceptors (Lipinski definition) is 11. The summed E-state index contributed by atoms with van der Waals surface area (Å²) >= 11 is 0. The van der Waals surface area contributed by atoms with E-state index in [0.29, 0.717) is 11.3 Å². The summed E-state index contributed by atoms with van der Waals surface area (Å²) in [6.07, 6.45) is -0.800. The number of carbonyl (C=O) groups is 4. The number of primary amides is 1. The van der Waals surface area contributed by atoms with E-state index in [4.69, 9.17) is 5.73 Å². The van der Waals surface area contributed by atoms with Gasteiger partial charge < -0.3 is 35.8 Å². The fourth-order valence-electron chi connectivity index (χ4n) is 5.95. The zero-order valence-corrected chi connectivity index (χ0v) is 21.5. The van der Waals surface area contributed by atoms with Crippen LogP contribution in [0, 0.1) is 11.8 Å². The standard InChI is InChI=1S/C25H30N4O9/c1-28(2)13-8-12(27-24(36)38-5)18(30)15-10(13)6-9-7-11-17(29(3)4)20(32)16(23(26)35)22(34)25(11,37)21(33)14(9)19(15)31/h8-9,11,17,30,32-33,37H,6-7H2,1-5H3,(H2,26,35)(H,27,36)/t9?,11?,17-,25-/m0/s1. The number of aliphatic hydroxyl groups is 3. The number of Topliss-reactive ketones (excluding diaryl/α,β-unsaturated/α-hetero) is 2. The van der Waals surface area contributed by atoms with Crippen molar-refractivity contribution >= 4 is 34.9 Å². The lowest BCUT2D eigenvalue weighted by Gasteiger charge is -2.50. The lowest BCUT2D eigenvalue weighted by Crippen LogP contribution is -2.63. The Labute approximate surface area is 217 Å². The lowest BCUT2D eigenvalue weighted by atomic mass is 9.58. The van der Waals surface area contributed by atoms with Crippen molar-refractivity contribution < 1.29 is 44.3 Å². The molecule has 0 saturated carbocycles. The van der Waals surface area contributed by atoms with Crippen LogP contribution in [0.15, 0.2) is 28.7 Å². The largest absolute Gasteiger partial charge is 0.510 e. The Kier molecular flexibility index (Phi) is 6.40. The first-order chi connectivity index (χ1) is 17.7. The summed E-state index contributed by atoms with van der Waals surface area (Å²) < 4.78 is 4.59. The number of methoxy groups -OCH3 is 1. The van der Waals surface area contributed by atoms with Gasteiger partial charge in [-0.25, -0.2) is 4.79 Å². The molecule has 0 spiro atoms. The fourth-order valence-corrected chi connectivity index (χ4v) is 5.95. The van der Waals surface area contributed by atoms with Crippen molar-refractivity contribution in [1.82, 2.24) is 4.90 Å². The Hall–Kier alpha value is -4.10. The molecule has 0 bridgehead atoms. The molecule has 2 unspecified atom stereocenters. The highest BCUT2D eigenvalue weighted by Crippen LogP contribution is 2.53. The Morgan fingerprint density at radius 2 is 1.79 bits per heavy atom. The van der Waals surface area contributed by atoms with Crippen molar-refractivity contribution in [3.8, 4) is 5.75 Å². The summed E-state index contributed by atoms with van der Waals surface area (Å²) in [7, 11) is 7.66. The average molecular weight is 531 g/mol. The minimum Gasteiger partial charge on any atom is -0.510 e. The maximum Gasteiger partial charge on any atom is 0.411 e. The molecule has 3 aliphatic rings. The van der Waals surface area contributed by atoms with Crippen molar-refractivity contribution in [3.63, 3.8) is 0 Å². The van der Waals surface area contributed by atoms with E-state index < -0.39 is 69.9 Å². The number of aliphatic hydroxyl groups excluding tert-OH is 2. The van der Waals surface area contributed by atoms with Crippen LogP contribution in [-0.2, 0) is 20.7 Å². The molecule has 0 radical (unpaired) electrons. The SMILES string of the molecule is COC(=O)Nc1cc(N(C)C)c2c(c1O)C(=O)C1=C(O)[C@]3(O)C(=O)C(C(N)=O)=C(O)[C@@H](N(C)C)C3CC1C2. The predicted octanol–water partition coefficient (Wildman–Crippen LogP) is 0.365. The van der Waals surface area contributed by atoms with E-state index in [2.05, 4.69) is 10.1 Å². The maximum absolute atomic E-state index is 13.9. The quantitative estimate of drug-likeness (QED) is 0.232. The van der Waals surface area contributed by atoms with Crippen molar-refractivity contribution in [2.75, 3.05) is 45.5 Å². The van der Waals surface area contributed by atoms with Crippen LogP contribution in [0.4, 0.5) is 16.2 Å². The summed E-state index contributed by atoms with van der Waals surface area (Å²) in [6.45, 7) is 0. The first-order valence-electron chi connectivity index (χ1n) is 11.7. The molecule has 0 fully saturated rings. The summed E-state index contributed by atoms with van der Waals surface area (Å²) in [5.74, 6) is -7.47. The smallest absolute Gasteiger partial charge is 0.411 e. The number of nitrogens with zero attached hydrogens (tertiary/aromatic N) is 2. The molecule has 204 valence electrons. The van der Waals surface area contributed by atoms with Gasteiger partial charge in [0.25, 0.3) is 5.91 Å². The highest BCUT2D eigenvalue weighted by atomic mass is 16.5. The third-order valence-corrected chi connectivity index (χ3v) is 7.60. The number of ketones is 2. The highest BCUT2D eigenvalue weighted by molar-refractivity contribution is 6.25. The van der Waals surface area contributed by atoms with Crippen LogP contribution in [-0.4, -0.2) is 95.8 Å². The zero-order valence-electron chi connectivity index (χ0n) is 21.5. The molecule has 4 rings (SSSR count). The van der Waals surface area contributed by atoms with E-state index in [9.17, 15) is 39.6 Å². The Morgan fingerprint density at radius 1 is 1.16 bits per heavy atom. The van der Waals surface area contributed by atoms with Crippen molar-refractivity contribution in [2.45, 2.75) is 24.5 Å². The number of nitrogens with two attached hydrogens (primary N) is 1. The van der Waals surface area contributed by atoms with Gasteiger partial charge in [-0.15, -0.1) is 0 Å². The van der Waals surface area contributed by atoms with E-state index in [0.717, 1.165) is 7.11 Å². The van der Waals surface area contributed by atoms with Gasteiger partial charge in [0.05, 0.1) is 24.4 Å². The van der Waals surface area contributed by atoms with Gasteiger partial charge in [0.1, 0.15) is 17.1 Å². The molecule has 3 aliphatic carbocycles. The minimum absolute atomic E-state index is 0.0262. The first kappa shape index (κ1) is 26.9. The number of anilines is 2. The number of aromatic hydroxyl groups is 1. The second kappa shape index (κ2) is 9.03. The molecule has 0 aromatic heterocycles. The van der Waals surface area contributed by atoms with Gasteiger partial charge in [-0.1, -0.05) is 0 Å². The molecule has 13 nitrogen and oxygen atoms in total. The minimum atomic E-state index is -2.73. The number of likely N-dealkylation sites (N-methyl/N-ethyl adjacent to an activating group) is 1. The number of ether oxygens (including phenoxy) is 1. The van der Waals surface area contributed by atoms with Crippen LogP contribution in [0.2, 0.25) is 0 Å². The number of nitrogens with one attached hydrogen (secondary N) is 1. The normalized spacial score (nSPS) is 26.6. The molecule has 0 heterocycles. The van der Waals surface area contributed by atoms with Crippen LogP contribution in [0.1, 0.15) is 22.3 Å². The second-order valence-electron chi connectivity index (χ2n) is 10.1. The number of amides is 2. The zero-order chi connectivity index (χ0) is 28.4. The van der Waals surface area contributed by atoms with Crippen LogP contribution < -0.4 is 16.0 Å². The maximum atomic E-state index is 13.9. The van der Waals surface area contributed by atoms with Crippen molar-refractivity contribution in [2.24, 2.45) is 17.6 Å². The molecule has 38 heavy (non-hydrogen) atoms. The molecule has 0 aliphatic heterocycles. The predicted molar refractivity (Wildman–Crippen MR) is 134 cm³/mol. The third kappa shape index (κ3) is 3.61. The van der Waals surface area contributed by atoms with Crippen molar-refractivity contribution in [3.05, 3.63) is 39.9 Å². The molecule has 0 saturated heterocycles. The molecule has 13 heteroatoms. The Balaban J connectivity index is 1.97. The van der Waals surface area contributed by atoms with E-state index in [1.165, 1.54) is 11.0 Å². The summed E-state index contributed by atoms with van der Waals surface area (Å²) in [6, 6.07) is 0.404. The molecule has 2 amide bonds. The first-order valence-corrected chi connectivity index (χ1v) is 11.7. The van der Waals surface area contributed by atoms with Crippen LogP contribution in [0.5, 0.6) is 5.75 Å². The number of hydrogen-bond donors (Lipinski definition) is 6. The Morgan fingerprint density at radius 3 is 2.32 bits per heavy atom. The number of phenolic OH excluding ortho intramolecular Hbond substituents is 1. The molecule has 1 aromatic rings. The highest BCUT2D eigenvalue weighted by Gasteiger charge is 2.63. The van der Waals surface area contributed by atoms with Crippen LogP contribution in [0.25, 0.3) is 0 Å². The summed E-state index contributed by atoms with van der Waals surface area (Å²) in [5.41, 5.74) is 2.03. The molecular weight excluding hydrogens is 500 g/mol. The monoisotopic (exact) mass is 530 g/mol. The van der Waals surface area contributed by atoms with Crippen LogP contribution in [0.3, 0.4) is 0 Å². The van der Waals surface area contributed by atoms with Gasteiger partial charge in [-0.3, -0.25) is 24.6 Å². The number of rotatable bonds is 4. The van der Waals surface area contributed by atoms with Crippen LogP contribution >= 0.6 is 0 Å². The average Bonchev–Trinajstić information content (AvgIpc) is 2.82. The van der Waals surface area contributed by atoms with Gasteiger partial charge in [-0.2, -0.15) is 0 Å². The molecule has 7 N–H and O–H groups in total. The molecule has 4 atom stereocenters. The number of carbonyl (C=O) groups excluding carboxylic acids is 4. The van der Waals surface area contributed by atoms with E-state index in [1.807, 2.05) is 0 Å². The summed E-state index contributed by atoms with van der Waals surface area (Å²) in [4.78, 5) is 54.3. The number of allylic oxidation sites excluding steroid dienone is 1. The number of benzene rings is 1. The number of fused-ring (bicyclic) bond motifs is 3. The van der Waals surface area contributed by atoms with Crippen molar-refractivity contribution in [1.29, 1.82) is 0 Å². The lowest BCUT2D eigenvalue weighted by molar-refractivity contribution is -0.148. The second-order valence-corrected chi connectivity index (χ2v) is 10.1. The van der Waals surface area contributed by atoms with E-state index in [-0.39, 0.29) is 29.7 Å². The van der Waals surface area contributed by atoms with Gasteiger partial charge in [-0.05, 0) is 44.5 Å². The Bertz CT molecular complexity index is 1350. The van der Waals surface area contributed by atoms with Gasteiger partial charge in [0, 0.05) is 31.3 Å². The van der Waals surface area contributed by atoms with E-state index >= 15 is 0 Å².